The quantitative estimate of drug-likeness (QED) is 0.185. The monoisotopic (exact) mass is 566 g/mol. The molecular formula is C42H34N2. The SMILES string of the molecule is C/C1=N\c2ccccc2Cc2ccccc2-c2ccc(-c3ccc(/C(Cc4ccccc4)=N/c4ccccc4C)cc3)cc21. The van der Waals surface area contributed by atoms with E-state index < -0.39 is 0 Å². The highest BCUT2D eigenvalue weighted by atomic mass is 14.8. The summed E-state index contributed by atoms with van der Waals surface area (Å²) in [4.78, 5) is 10.3. The molecule has 2 heteroatoms. The van der Waals surface area contributed by atoms with Crippen LogP contribution in [0, 0.1) is 6.92 Å². The van der Waals surface area contributed by atoms with Crippen LogP contribution in [0.25, 0.3) is 22.3 Å². The molecule has 6 aromatic rings. The largest absolute Gasteiger partial charge is 0.253 e. The summed E-state index contributed by atoms with van der Waals surface area (Å²) in [6.07, 6.45) is 1.63. The molecule has 0 saturated heterocycles. The number of hydrogen-bond acceptors (Lipinski definition) is 2. The van der Waals surface area contributed by atoms with Gasteiger partial charge in [0.05, 0.1) is 17.1 Å². The third-order valence-electron chi connectivity index (χ3n) is 8.51. The zero-order valence-electron chi connectivity index (χ0n) is 25.2. The number of para-hydroxylation sites is 2. The first-order valence-corrected chi connectivity index (χ1v) is 15.3. The number of hydrogen-bond donors (Lipinski definition) is 0. The summed E-state index contributed by atoms with van der Waals surface area (Å²) in [5.74, 6) is 0. The lowest BCUT2D eigenvalue weighted by atomic mass is 9.89. The minimum Gasteiger partial charge on any atom is -0.253 e. The van der Waals surface area contributed by atoms with Crippen molar-refractivity contribution >= 4 is 22.8 Å². The lowest BCUT2D eigenvalue weighted by Gasteiger charge is -2.15. The highest BCUT2D eigenvalue weighted by molar-refractivity contribution is 6.07. The highest BCUT2D eigenvalue weighted by Crippen LogP contribution is 2.36. The van der Waals surface area contributed by atoms with Crippen LogP contribution in [0.3, 0.4) is 0 Å². The van der Waals surface area contributed by atoms with Crippen LogP contribution in [0.2, 0.25) is 0 Å². The first kappa shape index (κ1) is 27.5. The Balaban J connectivity index is 1.29. The van der Waals surface area contributed by atoms with Gasteiger partial charge in [-0.15, -0.1) is 0 Å². The van der Waals surface area contributed by atoms with Crippen molar-refractivity contribution in [2.75, 3.05) is 0 Å². The molecule has 0 aromatic heterocycles. The van der Waals surface area contributed by atoms with Gasteiger partial charge in [-0.2, -0.15) is 0 Å². The standard InChI is InChI=1S/C42H34N2/c1-29-12-6-10-18-40(29)44-42(26-31-13-4-3-5-14-31)33-22-20-32(21-23-33)34-24-25-38-37-17-9-7-15-35(37)27-36-16-8-11-19-41(36)43-30(2)39(38)28-34/h3-25,28H,26-27H2,1-2H3/b43-30+,44-42+. The van der Waals surface area contributed by atoms with Crippen LogP contribution in [0.15, 0.2) is 156 Å². The minimum atomic E-state index is 0.768. The zero-order valence-corrected chi connectivity index (χ0v) is 25.2. The molecule has 6 aromatic carbocycles. The second-order valence-corrected chi connectivity index (χ2v) is 11.5. The number of benzene rings is 6. The van der Waals surface area contributed by atoms with E-state index in [0.717, 1.165) is 41.2 Å². The Kier molecular flexibility index (Phi) is 7.56. The van der Waals surface area contributed by atoms with Crippen LogP contribution >= 0.6 is 0 Å². The van der Waals surface area contributed by atoms with Crippen molar-refractivity contribution in [1.29, 1.82) is 0 Å². The number of rotatable bonds is 5. The van der Waals surface area contributed by atoms with Crippen molar-refractivity contribution in [2.45, 2.75) is 26.7 Å². The van der Waals surface area contributed by atoms with Gasteiger partial charge in [-0.3, -0.25) is 9.98 Å². The van der Waals surface area contributed by atoms with Gasteiger partial charge in [0, 0.05) is 24.1 Å². The molecular weight excluding hydrogens is 532 g/mol. The molecule has 44 heavy (non-hydrogen) atoms. The van der Waals surface area contributed by atoms with E-state index in [1.54, 1.807) is 0 Å². The van der Waals surface area contributed by atoms with Gasteiger partial charge >= 0.3 is 0 Å². The van der Waals surface area contributed by atoms with E-state index in [0.29, 0.717) is 0 Å². The van der Waals surface area contributed by atoms with Gasteiger partial charge in [-0.25, -0.2) is 0 Å². The van der Waals surface area contributed by atoms with Gasteiger partial charge in [-0.05, 0) is 82.1 Å². The summed E-state index contributed by atoms with van der Waals surface area (Å²) in [5.41, 5.74) is 16.3. The van der Waals surface area contributed by atoms with Gasteiger partial charge in [0.15, 0.2) is 0 Å². The molecule has 0 atom stereocenters. The molecule has 7 rings (SSSR count). The Morgan fingerprint density at radius 3 is 2.09 bits per heavy atom. The van der Waals surface area contributed by atoms with E-state index in [9.17, 15) is 0 Å². The summed E-state index contributed by atoms with van der Waals surface area (Å²) in [6.45, 7) is 4.25. The van der Waals surface area contributed by atoms with Crippen molar-refractivity contribution in [1.82, 2.24) is 0 Å². The second kappa shape index (κ2) is 12.1. The summed E-state index contributed by atoms with van der Waals surface area (Å²) >= 11 is 0. The van der Waals surface area contributed by atoms with Gasteiger partial charge < -0.3 is 0 Å². The van der Waals surface area contributed by atoms with E-state index in [1.165, 1.54) is 50.1 Å². The Labute approximate surface area is 260 Å². The first-order valence-electron chi connectivity index (χ1n) is 15.3. The lowest BCUT2D eigenvalue weighted by molar-refractivity contribution is 1.19. The average Bonchev–Trinajstić information content (AvgIpc) is 3.11. The minimum absolute atomic E-state index is 0.768. The molecule has 0 amide bonds. The lowest BCUT2D eigenvalue weighted by Crippen LogP contribution is -2.05. The topological polar surface area (TPSA) is 24.7 Å². The molecule has 1 aliphatic heterocycles. The van der Waals surface area contributed by atoms with Crippen LogP contribution in [0.5, 0.6) is 0 Å². The molecule has 0 radical (unpaired) electrons. The number of nitrogens with zero attached hydrogens (tertiary/aromatic N) is 2. The predicted molar refractivity (Wildman–Crippen MR) is 186 cm³/mol. The molecule has 0 N–H and O–H groups in total. The Morgan fingerprint density at radius 2 is 1.27 bits per heavy atom. The summed E-state index contributed by atoms with van der Waals surface area (Å²) in [6, 6.07) is 51.9. The molecule has 2 nitrogen and oxygen atoms in total. The number of fused-ring (bicyclic) bond motifs is 4. The van der Waals surface area contributed by atoms with Crippen LogP contribution in [-0.4, -0.2) is 11.4 Å². The van der Waals surface area contributed by atoms with Crippen LogP contribution < -0.4 is 0 Å². The first-order chi connectivity index (χ1) is 21.6. The van der Waals surface area contributed by atoms with E-state index in [4.69, 9.17) is 9.98 Å². The van der Waals surface area contributed by atoms with E-state index in [1.807, 2.05) is 0 Å². The van der Waals surface area contributed by atoms with Gasteiger partial charge in [0.1, 0.15) is 0 Å². The number of aliphatic imine (C=N–C) groups is 2. The van der Waals surface area contributed by atoms with E-state index in [-0.39, 0.29) is 0 Å². The molecule has 1 aliphatic rings. The maximum absolute atomic E-state index is 5.16. The molecule has 1 heterocycles. The average molecular weight is 567 g/mol. The van der Waals surface area contributed by atoms with E-state index >= 15 is 0 Å². The summed E-state index contributed by atoms with van der Waals surface area (Å²) in [7, 11) is 0. The second-order valence-electron chi connectivity index (χ2n) is 11.5. The van der Waals surface area contributed by atoms with Crippen molar-refractivity contribution in [3.05, 3.63) is 179 Å². The number of aryl methyl sites for hydroxylation is 1. The molecule has 0 aliphatic carbocycles. The van der Waals surface area contributed by atoms with Gasteiger partial charge in [-0.1, -0.05) is 127 Å². The highest BCUT2D eigenvalue weighted by Gasteiger charge is 2.17. The predicted octanol–water partition coefficient (Wildman–Crippen LogP) is 10.7. The van der Waals surface area contributed by atoms with Crippen molar-refractivity contribution in [3.8, 4) is 22.3 Å². The van der Waals surface area contributed by atoms with Gasteiger partial charge in [0.2, 0.25) is 0 Å². The molecule has 212 valence electrons. The van der Waals surface area contributed by atoms with Crippen molar-refractivity contribution < 1.29 is 0 Å². The van der Waals surface area contributed by atoms with E-state index in [2.05, 4.69) is 159 Å². The third-order valence-corrected chi connectivity index (χ3v) is 8.51. The zero-order chi connectivity index (χ0) is 29.9. The van der Waals surface area contributed by atoms with Crippen LogP contribution in [-0.2, 0) is 12.8 Å². The van der Waals surface area contributed by atoms with Crippen molar-refractivity contribution in [2.24, 2.45) is 9.98 Å². The normalized spacial score (nSPS) is 13.8. The summed E-state index contributed by atoms with van der Waals surface area (Å²) < 4.78 is 0. The smallest absolute Gasteiger partial charge is 0.0668 e. The fourth-order valence-corrected chi connectivity index (χ4v) is 6.10. The van der Waals surface area contributed by atoms with Gasteiger partial charge in [0.25, 0.3) is 0 Å². The Hall–Kier alpha value is -5.34. The van der Waals surface area contributed by atoms with Crippen LogP contribution in [0.1, 0.15) is 40.3 Å². The maximum Gasteiger partial charge on any atom is 0.0668 e. The maximum atomic E-state index is 5.16. The summed E-state index contributed by atoms with van der Waals surface area (Å²) in [5, 5.41) is 0. The van der Waals surface area contributed by atoms with Crippen molar-refractivity contribution in [3.63, 3.8) is 0 Å². The molecule has 0 unspecified atom stereocenters. The fourth-order valence-electron chi connectivity index (χ4n) is 6.10. The fraction of sp³-hybridized carbons (Fsp3) is 0.0952. The molecule has 0 saturated carbocycles. The molecule has 0 spiro atoms. The molecule has 0 bridgehead atoms. The molecule has 0 fully saturated rings. The Morgan fingerprint density at radius 1 is 0.591 bits per heavy atom. The van der Waals surface area contributed by atoms with Crippen LogP contribution in [0.4, 0.5) is 11.4 Å². The Bertz CT molecular complexity index is 2010. The third kappa shape index (κ3) is 5.67.